The Balaban J connectivity index is 2.83. The van der Waals surface area contributed by atoms with Crippen molar-refractivity contribution < 1.29 is 38.1 Å². The molecule has 2 saturated carbocycles. The van der Waals surface area contributed by atoms with Crippen molar-refractivity contribution in [3.63, 3.8) is 0 Å². The van der Waals surface area contributed by atoms with Crippen LogP contribution in [0.2, 0.25) is 0 Å². The second kappa shape index (κ2) is 7.19. The van der Waals surface area contributed by atoms with Crippen molar-refractivity contribution in [2.75, 3.05) is 14.2 Å². The largest absolute Gasteiger partial charge is 0.469 e. The molecule has 0 saturated heterocycles. The molecule has 32 heavy (non-hydrogen) atoms. The quantitative estimate of drug-likeness (QED) is 0.460. The molecule has 2 aliphatic rings. The van der Waals surface area contributed by atoms with Crippen LogP contribution in [0.4, 0.5) is 0 Å². The van der Waals surface area contributed by atoms with Crippen LogP contribution in [0.15, 0.2) is 0 Å². The van der Waals surface area contributed by atoms with Gasteiger partial charge in [0.15, 0.2) is 0 Å². The Bertz CT molecular complexity index is 841. The third-order valence-corrected chi connectivity index (χ3v) is 7.11. The maximum atomic E-state index is 13.9. The van der Waals surface area contributed by atoms with E-state index in [9.17, 15) is 19.2 Å². The van der Waals surface area contributed by atoms with E-state index in [0.29, 0.717) is 0 Å². The predicted molar refractivity (Wildman–Crippen MR) is 115 cm³/mol. The van der Waals surface area contributed by atoms with Crippen LogP contribution < -0.4 is 0 Å². The number of methoxy groups -OCH3 is 2. The molecule has 0 spiro atoms. The van der Waals surface area contributed by atoms with E-state index in [4.69, 9.17) is 18.9 Å². The first-order chi connectivity index (χ1) is 14.2. The second-order valence-corrected chi connectivity index (χ2v) is 12.0. The SMILES string of the molecule is COC(=O)[C@H]1C(C)(C)[C@]1(C(=O)OC)[C@]1(C(=O)OC(C)(C)C)[C@@H](C(=O)OC(C)(C)C)C1(C)C. The van der Waals surface area contributed by atoms with Crippen LogP contribution in [-0.2, 0) is 38.1 Å². The smallest absolute Gasteiger partial charge is 0.315 e. The van der Waals surface area contributed by atoms with E-state index in [2.05, 4.69) is 0 Å². The lowest BCUT2D eigenvalue weighted by atomic mass is 9.73. The summed E-state index contributed by atoms with van der Waals surface area (Å²) < 4.78 is 21.6. The van der Waals surface area contributed by atoms with Gasteiger partial charge in [-0.2, -0.15) is 0 Å². The summed E-state index contributed by atoms with van der Waals surface area (Å²) in [7, 11) is 2.43. The molecule has 0 aromatic rings. The van der Waals surface area contributed by atoms with Gasteiger partial charge in [0.25, 0.3) is 0 Å². The molecular formula is C24H38O8. The van der Waals surface area contributed by atoms with Crippen molar-refractivity contribution >= 4 is 23.9 Å². The molecule has 0 aromatic heterocycles. The highest BCUT2D eigenvalue weighted by Crippen LogP contribution is 2.90. The van der Waals surface area contributed by atoms with Gasteiger partial charge in [-0.3, -0.25) is 19.2 Å². The maximum Gasteiger partial charge on any atom is 0.315 e. The Hall–Kier alpha value is -2.12. The molecule has 4 atom stereocenters. The topological polar surface area (TPSA) is 105 Å². The molecule has 0 amide bonds. The Morgan fingerprint density at radius 2 is 0.969 bits per heavy atom. The van der Waals surface area contributed by atoms with E-state index in [-0.39, 0.29) is 0 Å². The van der Waals surface area contributed by atoms with Gasteiger partial charge in [-0.05, 0) is 52.4 Å². The summed E-state index contributed by atoms with van der Waals surface area (Å²) in [5.74, 6) is -4.75. The van der Waals surface area contributed by atoms with Gasteiger partial charge in [0.1, 0.15) is 22.0 Å². The lowest BCUT2D eigenvalue weighted by molar-refractivity contribution is -0.180. The summed E-state index contributed by atoms with van der Waals surface area (Å²) in [4.78, 5) is 53.5. The molecule has 182 valence electrons. The van der Waals surface area contributed by atoms with Gasteiger partial charge in [0, 0.05) is 0 Å². The molecular weight excluding hydrogens is 416 g/mol. The summed E-state index contributed by atoms with van der Waals surface area (Å²) >= 11 is 0. The van der Waals surface area contributed by atoms with Crippen molar-refractivity contribution in [2.45, 2.75) is 80.4 Å². The van der Waals surface area contributed by atoms with Gasteiger partial charge >= 0.3 is 23.9 Å². The average molecular weight is 455 g/mol. The fourth-order valence-electron chi connectivity index (χ4n) is 6.02. The Morgan fingerprint density at radius 1 is 0.594 bits per heavy atom. The predicted octanol–water partition coefficient (Wildman–Crippen LogP) is 3.30. The molecule has 0 bridgehead atoms. The van der Waals surface area contributed by atoms with E-state index < -0.39 is 68.6 Å². The number of esters is 4. The third kappa shape index (κ3) is 3.24. The van der Waals surface area contributed by atoms with Crippen LogP contribution in [0.1, 0.15) is 69.2 Å². The van der Waals surface area contributed by atoms with Crippen LogP contribution in [0.25, 0.3) is 0 Å². The Kier molecular flexibility index (Phi) is 5.87. The highest BCUT2D eigenvalue weighted by Gasteiger charge is 3.00. The lowest BCUT2D eigenvalue weighted by Gasteiger charge is -2.33. The molecule has 2 rings (SSSR count). The Morgan fingerprint density at radius 3 is 1.31 bits per heavy atom. The zero-order valence-corrected chi connectivity index (χ0v) is 21.4. The molecule has 0 heterocycles. The fourth-order valence-corrected chi connectivity index (χ4v) is 6.02. The maximum absolute atomic E-state index is 13.9. The van der Waals surface area contributed by atoms with Gasteiger partial charge in [0.05, 0.1) is 26.1 Å². The van der Waals surface area contributed by atoms with E-state index in [1.165, 1.54) is 14.2 Å². The number of hydrogen-bond donors (Lipinski definition) is 0. The molecule has 0 aliphatic heterocycles. The first kappa shape index (κ1) is 26.1. The minimum atomic E-state index is -1.68. The lowest BCUT2D eigenvalue weighted by Crippen LogP contribution is -2.46. The van der Waals surface area contributed by atoms with Crippen LogP contribution in [-0.4, -0.2) is 49.3 Å². The summed E-state index contributed by atoms with van der Waals surface area (Å²) in [6.07, 6.45) is 0. The zero-order chi connectivity index (χ0) is 25.3. The molecule has 0 unspecified atom stereocenters. The minimum absolute atomic E-state index is 0.622. The number of carbonyl (C=O) groups excluding carboxylic acids is 4. The fraction of sp³-hybridized carbons (Fsp3) is 0.833. The van der Waals surface area contributed by atoms with Gasteiger partial charge in [-0.1, -0.05) is 27.7 Å². The highest BCUT2D eigenvalue weighted by atomic mass is 16.6. The molecule has 0 aromatic carbocycles. The minimum Gasteiger partial charge on any atom is -0.469 e. The first-order valence-corrected chi connectivity index (χ1v) is 10.8. The molecule has 0 N–H and O–H groups in total. The number of hydrogen-bond acceptors (Lipinski definition) is 8. The van der Waals surface area contributed by atoms with Crippen LogP contribution in [0.3, 0.4) is 0 Å². The standard InChI is InChI=1S/C24H38O8/c1-19(2,3)31-16(26)14-22(9,10)24(14,18(28)32-20(4,5)6)23(17(27)30-12)13(15(25)29-11)21(23,7)8/h13-14H,1-12H3/t13-,14-,23-,24-/m0/s1. The van der Waals surface area contributed by atoms with Crippen molar-refractivity contribution in [2.24, 2.45) is 33.5 Å². The van der Waals surface area contributed by atoms with Crippen molar-refractivity contribution in [3.8, 4) is 0 Å². The van der Waals surface area contributed by atoms with Crippen LogP contribution in [0, 0.1) is 33.5 Å². The normalized spacial score (nSPS) is 32.4. The summed E-state index contributed by atoms with van der Waals surface area (Å²) in [6, 6.07) is 0. The molecule has 8 heteroatoms. The van der Waals surface area contributed by atoms with Gasteiger partial charge in [0.2, 0.25) is 0 Å². The van der Waals surface area contributed by atoms with Crippen molar-refractivity contribution in [1.82, 2.24) is 0 Å². The highest BCUT2D eigenvalue weighted by molar-refractivity contribution is 6.05. The van der Waals surface area contributed by atoms with Crippen LogP contribution >= 0.6 is 0 Å². The van der Waals surface area contributed by atoms with E-state index >= 15 is 0 Å². The Labute approximate surface area is 190 Å². The summed E-state index contributed by atoms with van der Waals surface area (Å²) in [5, 5.41) is 0. The average Bonchev–Trinajstić information content (AvgIpc) is 3.33. The summed E-state index contributed by atoms with van der Waals surface area (Å²) in [6.45, 7) is 17.1. The number of ether oxygens (including phenoxy) is 4. The number of carbonyl (C=O) groups is 4. The monoisotopic (exact) mass is 454 g/mol. The van der Waals surface area contributed by atoms with E-state index in [1.54, 1.807) is 69.2 Å². The third-order valence-electron chi connectivity index (χ3n) is 7.11. The van der Waals surface area contributed by atoms with Crippen molar-refractivity contribution in [1.29, 1.82) is 0 Å². The van der Waals surface area contributed by atoms with Gasteiger partial charge < -0.3 is 18.9 Å². The molecule has 0 radical (unpaired) electrons. The molecule has 8 nitrogen and oxygen atoms in total. The molecule has 2 aliphatic carbocycles. The van der Waals surface area contributed by atoms with Gasteiger partial charge in [-0.15, -0.1) is 0 Å². The van der Waals surface area contributed by atoms with Crippen LogP contribution in [0.5, 0.6) is 0 Å². The number of rotatable bonds is 5. The molecule has 2 fully saturated rings. The second-order valence-electron chi connectivity index (χ2n) is 12.0. The van der Waals surface area contributed by atoms with E-state index in [1.807, 2.05) is 0 Å². The van der Waals surface area contributed by atoms with E-state index in [0.717, 1.165) is 0 Å². The zero-order valence-electron chi connectivity index (χ0n) is 21.4. The van der Waals surface area contributed by atoms with Crippen molar-refractivity contribution in [3.05, 3.63) is 0 Å². The summed E-state index contributed by atoms with van der Waals surface area (Å²) in [5.41, 5.74) is -7.11. The van der Waals surface area contributed by atoms with Gasteiger partial charge in [-0.25, -0.2) is 0 Å². The first-order valence-electron chi connectivity index (χ1n) is 10.8.